The van der Waals surface area contributed by atoms with Gasteiger partial charge < -0.3 is 0 Å². The third-order valence-corrected chi connectivity index (χ3v) is 4.75. The topological polar surface area (TPSA) is 142 Å². The number of nitrogens with one attached hydrogen (secondary N) is 3. The molecule has 0 aliphatic carbocycles. The zero-order valence-corrected chi connectivity index (χ0v) is 14.1. The Labute approximate surface area is 143 Å². The van der Waals surface area contributed by atoms with E-state index in [0.29, 0.717) is 5.56 Å². The molecule has 3 N–H and O–H groups in total. The molecular weight excluding hydrogens is 352 g/mol. The van der Waals surface area contributed by atoms with Crippen molar-refractivity contribution in [1.29, 1.82) is 0 Å². The van der Waals surface area contributed by atoms with Gasteiger partial charge >= 0.3 is 6.03 Å². The highest BCUT2D eigenvalue weighted by Gasteiger charge is 2.28. The highest BCUT2D eigenvalue weighted by atomic mass is 32.2. The number of carbonyl (C=O) groups excluding carboxylic acids is 4. The number of carbonyl (C=O) groups is 4. The Hall–Kier alpha value is -2.79. The molecule has 11 heteroatoms. The highest BCUT2D eigenvalue weighted by Crippen LogP contribution is 2.10. The van der Waals surface area contributed by atoms with E-state index >= 15 is 0 Å². The summed E-state index contributed by atoms with van der Waals surface area (Å²) in [7, 11) is -3.83. The lowest BCUT2D eigenvalue weighted by Crippen LogP contribution is -2.45. The summed E-state index contributed by atoms with van der Waals surface area (Å²) in [6.07, 6.45) is -0.233. The van der Waals surface area contributed by atoms with Crippen molar-refractivity contribution in [3.8, 4) is 0 Å². The summed E-state index contributed by atoms with van der Waals surface area (Å²) in [5, 5.41) is 2.79. The van der Waals surface area contributed by atoms with Crippen molar-refractivity contribution >= 4 is 33.7 Å². The molecule has 1 heterocycles. The molecule has 1 aromatic carbocycles. The third kappa shape index (κ3) is 4.84. The molecule has 1 saturated heterocycles. The number of Topliss-reactive ketones (excluding diaryl/α,β-unsaturated/α-hetero) is 1. The van der Waals surface area contributed by atoms with E-state index in [1.54, 1.807) is 0 Å². The van der Waals surface area contributed by atoms with Crippen LogP contribution >= 0.6 is 0 Å². The first-order chi connectivity index (χ1) is 11.7. The second-order valence-corrected chi connectivity index (χ2v) is 6.97. The average molecular weight is 368 g/mol. The van der Waals surface area contributed by atoms with Gasteiger partial charge in [0.15, 0.2) is 5.78 Å². The molecule has 25 heavy (non-hydrogen) atoms. The van der Waals surface area contributed by atoms with E-state index in [9.17, 15) is 27.6 Å². The number of hydrogen-bond donors (Lipinski definition) is 3. The number of hydrazine groups is 1. The number of imide groups is 1. The van der Waals surface area contributed by atoms with Crippen LogP contribution in [-0.2, 0) is 19.6 Å². The molecule has 1 fully saturated rings. The zero-order chi connectivity index (χ0) is 18.6. The minimum Gasteiger partial charge on any atom is -0.295 e. The summed E-state index contributed by atoms with van der Waals surface area (Å²) in [6.45, 7) is 0.874. The van der Waals surface area contributed by atoms with Gasteiger partial charge in [0.2, 0.25) is 21.8 Å². The van der Waals surface area contributed by atoms with Gasteiger partial charge in [-0.05, 0) is 19.1 Å². The summed E-state index contributed by atoms with van der Waals surface area (Å²) in [6, 6.07) is 4.63. The Morgan fingerprint density at radius 2 is 1.84 bits per heavy atom. The monoisotopic (exact) mass is 368 g/mol. The Bertz CT molecular complexity index is 818. The minimum absolute atomic E-state index is 0.0394. The fraction of sp³-hybridized carbons (Fsp3) is 0.286. The lowest BCUT2D eigenvalue weighted by Gasteiger charge is -2.14. The molecule has 0 spiro atoms. The van der Waals surface area contributed by atoms with E-state index in [1.165, 1.54) is 31.2 Å². The number of amides is 4. The second-order valence-electron chi connectivity index (χ2n) is 5.20. The summed E-state index contributed by atoms with van der Waals surface area (Å²) < 4.78 is 26.4. The molecular formula is C14H16N4O6S. The standard InChI is InChI=1S/C14H16N4O6S/c1-9(19)10-2-4-11(5-3-10)25(23,24)15-7-6-12(20)17-18-8-13(21)16-14(18)22/h2-5,15H,6-8H2,1H3,(H,17,20)(H,16,21,22). The Balaban J connectivity index is 1.85. The molecule has 1 aliphatic heterocycles. The highest BCUT2D eigenvalue weighted by molar-refractivity contribution is 7.89. The number of hydrogen-bond acceptors (Lipinski definition) is 6. The predicted molar refractivity (Wildman–Crippen MR) is 84.6 cm³/mol. The normalized spacial score (nSPS) is 14.4. The quantitative estimate of drug-likeness (QED) is 0.422. The van der Waals surface area contributed by atoms with Gasteiger partial charge in [-0.1, -0.05) is 12.1 Å². The molecule has 0 saturated carbocycles. The summed E-state index contributed by atoms with van der Waals surface area (Å²) in [5.41, 5.74) is 2.58. The molecule has 134 valence electrons. The molecule has 4 amide bonds. The lowest BCUT2D eigenvalue weighted by atomic mass is 10.2. The number of ketones is 1. The summed E-state index contributed by atoms with van der Waals surface area (Å²) >= 11 is 0. The van der Waals surface area contributed by atoms with Crippen LogP contribution in [0.25, 0.3) is 0 Å². The first-order valence-electron chi connectivity index (χ1n) is 7.20. The van der Waals surface area contributed by atoms with Crippen LogP contribution in [0.5, 0.6) is 0 Å². The largest absolute Gasteiger partial charge is 0.343 e. The molecule has 0 atom stereocenters. The molecule has 2 rings (SSSR count). The van der Waals surface area contributed by atoms with Crippen LogP contribution in [-0.4, -0.2) is 50.1 Å². The lowest BCUT2D eigenvalue weighted by molar-refractivity contribution is -0.125. The van der Waals surface area contributed by atoms with Crippen LogP contribution in [0.15, 0.2) is 29.2 Å². The first kappa shape index (κ1) is 18.5. The number of rotatable bonds is 7. The smallest absolute Gasteiger partial charge is 0.295 e. The summed E-state index contributed by atoms with van der Waals surface area (Å²) in [4.78, 5) is 45.0. The second kappa shape index (κ2) is 7.40. The van der Waals surface area contributed by atoms with E-state index in [0.717, 1.165) is 5.01 Å². The van der Waals surface area contributed by atoms with Gasteiger partial charge in [-0.2, -0.15) is 0 Å². The number of benzene rings is 1. The van der Waals surface area contributed by atoms with E-state index < -0.39 is 27.9 Å². The molecule has 0 unspecified atom stereocenters. The maximum absolute atomic E-state index is 12.1. The number of nitrogens with zero attached hydrogens (tertiary/aromatic N) is 1. The van der Waals surface area contributed by atoms with E-state index in [1.807, 2.05) is 5.32 Å². The molecule has 0 bridgehead atoms. The number of sulfonamides is 1. The van der Waals surface area contributed by atoms with Gasteiger partial charge in [0.1, 0.15) is 6.54 Å². The van der Waals surface area contributed by atoms with E-state index in [4.69, 9.17) is 0 Å². The molecule has 0 aromatic heterocycles. The summed E-state index contributed by atoms with van der Waals surface area (Å²) in [5.74, 6) is -1.35. The predicted octanol–water partition coefficient (Wildman–Crippen LogP) is -0.859. The Morgan fingerprint density at radius 1 is 1.20 bits per heavy atom. The first-order valence-corrected chi connectivity index (χ1v) is 8.69. The van der Waals surface area contributed by atoms with Crippen molar-refractivity contribution in [3.05, 3.63) is 29.8 Å². The number of urea groups is 1. The van der Waals surface area contributed by atoms with Crippen molar-refractivity contribution in [2.45, 2.75) is 18.2 Å². The fourth-order valence-corrected chi connectivity index (χ4v) is 3.02. The van der Waals surface area contributed by atoms with Crippen LogP contribution in [0.1, 0.15) is 23.7 Å². The average Bonchev–Trinajstić information content (AvgIpc) is 2.84. The minimum atomic E-state index is -3.83. The van der Waals surface area contributed by atoms with Gasteiger partial charge in [-0.25, -0.2) is 22.9 Å². The molecule has 1 aliphatic rings. The van der Waals surface area contributed by atoms with Crippen LogP contribution in [0.4, 0.5) is 4.79 Å². The Kier molecular flexibility index (Phi) is 5.49. The molecule has 10 nitrogen and oxygen atoms in total. The van der Waals surface area contributed by atoms with Crippen molar-refractivity contribution in [2.24, 2.45) is 0 Å². The molecule has 1 aromatic rings. The van der Waals surface area contributed by atoms with Crippen LogP contribution in [0.3, 0.4) is 0 Å². The van der Waals surface area contributed by atoms with Crippen molar-refractivity contribution in [3.63, 3.8) is 0 Å². The van der Waals surface area contributed by atoms with Gasteiger partial charge in [0, 0.05) is 18.5 Å². The maximum Gasteiger partial charge on any atom is 0.343 e. The van der Waals surface area contributed by atoms with Crippen molar-refractivity contribution in [2.75, 3.05) is 13.1 Å². The van der Waals surface area contributed by atoms with Crippen molar-refractivity contribution in [1.82, 2.24) is 20.5 Å². The van der Waals surface area contributed by atoms with Gasteiger partial charge in [-0.15, -0.1) is 0 Å². The van der Waals surface area contributed by atoms with Crippen LogP contribution < -0.4 is 15.5 Å². The third-order valence-electron chi connectivity index (χ3n) is 3.27. The van der Waals surface area contributed by atoms with Gasteiger partial charge in [0.05, 0.1) is 4.90 Å². The van der Waals surface area contributed by atoms with E-state index in [-0.39, 0.29) is 30.2 Å². The van der Waals surface area contributed by atoms with Gasteiger partial charge in [-0.3, -0.25) is 25.1 Å². The van der Waals surface area contributed by atoms with Crippen LogP contribution in [0.2, 0.25) is 0 Å². The van der Waals surface area contributed by atoms with E-state index in [2.05, 4.69) is 10.1 Å². The van der Waals surface area contributed by atoms with Crippen molar-refractivity contribution < 1.29 is 27.6 Å². The maximum atomic E-state index is 12.1. The fourth-order valence-electron chi connectivity index (χ4n) is 1.99. The SMILES string of the molecule is CC(=O)c1ccc(S(=O)(=O)NCCC(=O)NN2CC(=O)NC2=O)cc1. The van der Waals surface area contributed by atoms with Crippen LogP contribution in [0, 0.1) is 0 Å². The Morgan fingerprint density at radius 3 is 2.36 bits per heavy atom. The zero-order valence-electron chi connectivity index (χ0n) is 13.2. The molecule has 0 radical (unpaired) electrons. The van der Waals surface area contributed by atoms with Gasteiger partial charge in [0.25, 0.3) is 0 Å².